The van der Waals surface area contributed by atoms with E-state index in [1.807, 2.05) is 0 Å². The summed E-state index contributed by atoms with van der Waals surface area (Å²) in [7, 11) is 1.46. The molecule has 0 aliphatic carbocycles. The maximum Gasteiger partial charge on any atom is 0.236 e. The number of carbonyl (C=O) groups excluding carboxylic acids is 2. The molecule has 1 unspecified atom stereocenters. The average Bonchev–Trinajstić information content (AvgIpc) is 2.68. The summed E-state index contributed by atoms with van der Waals surface area (Å²) in [5.41, 5.74) is 0. The van der Waals surface area contributed by atoms with E-state index in [9.17, 15) is 9.59 Å². The molecule has 2 rings (SSSR count). The number of carbonyl (C=O) groups is 2. The maximum absolute atomic E-state index is 11.9. The zero-order valence-electron chi connectivity index (χ0n) is 10.4. The largest absolute Gasteiger partial charge is 0.481 e. The van der Waals surface area contributed by atoms with Gasteiger partial charge >= 0.3 is 0 Å². The van der Waals surface area contributed by atoms with Gasteiger partial charge in [-0.15, -0.1) is 0 Å². The molecule has 1 atom stereocenters. The van der Waals surface area contributed by atoms with Gasteiger partial charge in [-0.25, -0.2) is 4.98 Å². The summed E-state index contributed by atoms with van der Waals surface area (Å²) < 4.78 is 4.99. The Morgan fingerprint density at radius 1 is 1.58 bits per heavy atom. The molecule has 0 bridgehead atoms. The molecule has 6 nitrogen and oxygen atoms in total. The Balaban J connectivity index is 2.20. The molecule has 0 radical (unpaired) electrons. The molecule has 0 spiro atoms. The first-order valence-electron chi connectivity index (χ1n) is 5.55. The second kappa shape index (κ2) is 5.75. The van der Waals surface area contributed by atoms with E-state index in [2.05, 4.69) is 9.97 Å². The predicted molar refractivity (Wildman–Crippen MR) is 72.6 cm³/mol. The number of aromatic nitrogens is 2. The number of anilines is 1. The number of hydrogen-bond donors (Lipinski definition) is 0. The van der Waals surface area contributed by atoms with Crippen LogP contribution in [-0.4, -0.2) is 39.9 Å². The van der Waals surface area contributed by atoms with Crippen molar-refractivity contribution in [2.75, 3.05) is 18.6 Å². The van der Waals surface area contributed by atoms with Crippen molar-refractivity contribution in [3.05, 3.63) is 11.2 Å². The highest BCUT2D eigenvalue weighted by Crippen LogP contribution is 2.28. The Morgan fingerprint density at radius 3 is 2.95 bits per heavy atom. The first-order chi connectivity index (χ1) is 8.99. The molecule has 1 aromatic heterocycles. The van der Waals surface area contributed by atoms with Crippen molar-refractivity contribution in [1.29, 1.82) is 0 Å². The van der Waals surface area contributed by atoms with E-state index < -0.39 is 0 Å². The second-order valence-corrected chi connectivity index (χ2v) is 5.84. The van der Waals surface area contributed by atoms with Crippen molar-refractivity contribution in [2.24, 2.45) is 0 Å². The van der Waals surface area contributed by atoms with Gasteiger partial charge in [-0.05, 0) is 0 Å². The summed E-state index contributed by atoms with van der Waals surface area (Å²) in [5.74, 6) is 0.384. The summed E-state index contributed by atoms with van der Waals surface area (Å²) in [4.78, 5) is 32.5. The van der Waals surface area contributed by atoms with Crippen LogP contribution < -0.4 is 9.64 Å². The summed E-state index contributed by atoms with van der Waals surface area (Å²) >= 11 is 7.00. The minimum Gasteiger partial charge on any atom is -0.481 e. The number of hydrogen-bond acceptors (Lipinski definition) is 6. The SMILES string of the molecule is COc1cc(Cl)nc(N2CC(SC(C)=O)CC2=O)n1. The highest BCUT2D eigenvalue weighted by molar-refractivity contribution is 8.14. The molecule has 0 N–H and O–H groups in total. The lowest BCUT2D eigenvalue weighted by Crippen LogP contribution is -2.27. The van der Waals surface area contributed by atoms with Crippen LogP contribution in [0.25, 0.3) is 0 Å². The van der Waals surface area contributed by atoms with Gasteiger partial charge in [0.15, 0.2) is 5.12 Å². The quantitative estimate of drug-likeness (QED) is 0.788. The fourth-order valence-corrected chi connectivity index (χ4v) is 2.88. The Hall–Kier alpha value is -1.34. The first kappa shape index (κ1) is 14.1. The van der Waals surface area contributed by atoms with Crippen molar-refractivity contribution in [3.8, 4) is 5.88 Å². The Labute approximate surface area is 119 Å². The Bertz CT molecular complexity index is 526. The topological polar surface area (TPSA) is 72.4 Å². The molecule has 1 aliphatic rings. The van der Waals surface area contributed by atoms with E-state index in [0.29, 0.717) is 18.8 Å². The molecule has 1 saturated heterocycles. The molecule has 19 heavy (non-hydrogen) atoms. The van der Waals surface area contributed by atoms with Crippen LogP contribution in [0.3, 0.4) is 0 Å². The lowest BCUT2D eigenvalue weighted by atomic mass is 10.4. The summed E-state index contributed by atoms with van der Waals surface area (Å²) in [6.07, 6.45) is 0.294. The van der Waals surface area contributed by atoms with E-state index in [-0.39, 0.29) is 27.4 Å². The van der Waals surface area contributed by atoms with Crippen LogP contribution in [0.4, 0.5) is 5.95 Å². The highest BCUT2D eigenvalue weighted by Gasteiger charge is 2.33. The summed E-state index contributed by atoms with van der Waals surface area (Å²) in [6.45, 7) is 1.88. The van der Waals surface area contributed by atoms with Gasteiger partial charge in [0.25, 0.3) is 0 Å². The molecule has 1 aromatic rings. The number of nitrogens with zero attached hydrogens (tertiary/aromatic N) is 3. The number of rotatable bonds is 3. The maximum atomic E-state index is 11.9. The molecular weight excluding hydrogens is 290 g/mol. The van der Waals surface area contributed by atoms with Gasteiger partial charge in [-0.2, -0.15) is 4.98 Å². The average molecular weight is 302 g/mol. The summed E-state index contributed by atoms with van der Waals surface area (Å²) in [6, 6.07) is 1.47. The van der Waals surface area contributed by atoms with E-state index in [0.717, 1.165) is 11.8 Å². The van der Waals surface area contributed by atoms with E-state index >= 15 is 0 Å². The highest BCUT2D eigenvalue weighted by atomic mass is 35.5. The van der Waals surface area contributed by atoms with Crippen LogP contribution in [0, 0.1) is 0 Å². The third-order valence-electron chi connectivity index (χ3n) is 2.53. The van der Waals surface area contributed by atoms with Gasteiger partial charge < -0.3 is 4.74 Å². The molecule has 2 heterocycles. The zero-order chi connectivity index (χ0) is 14.0. The van der Waals surface area contributed by atoms with Crippen LogP contribution in [0.15, 0.2) is 6.07 Å². The number of amides is 1. The standard InChI is InChI=1S/C11H12ClN3O3S/c1-6(16)19-7-3-10(17)15(5-7)11-13-8(12)4-9(14-11)18-2/h4,7H,3,5H2,1-2H3. The van der Waals surface area contributed by atoms with Gasteiger partial charge in [0.1, 0.15) is 5.15 Å². The third-order valence-corrected chi connectivity index (χ3v) is 3.71. The van der Waals surface area contributed by atoms with Crippen molar-refractivity contribution < 1.29 is 14.3 Å². The van der Waals surface area contributed by atoms with Crippen LogP contribution in [0.1, 0.15) is 13.3 Å². The van der Waals surface area contributed by atoms with Crippen LogP contribution in [0.5, 0.6) is 5.88 Å². The fraction of sp³-hybridized carbons (Fsp3) is 0.455. The van der Waals surface area contributed by atoms with E-state index in [1.54, 1.807) is 0 Å². The number of ether oxygens (including phenoxy) is 1. The predicted octanol–water partition coefficient (Wildman–Crippen LogP) is 1.52. The molecule has 0 aromatic carbocycles. The van der Waals surface area contributed by atoms with Crippen molar-refractivity contribution in [3.63, 3.8) is 0 Å². The van der Waals surface area contributed by atoms with E-state index in [1.165, 1.54) is 25.0 Å². The molecule has 1 fully saturated rings. The number of halogens is 1. The van der Waals surface area contributed by atoms with E-state index in [4.69, 9.17) is 16.3 Å². The van der Waals surface area contributed by atoms with Crippen molar-refractivity contribution >= 4 is 40.3 Å². The molecule has 1 amide bonds. The van der Waals surface area contributed by atoms with Gasteiger partial charge in [0.05, 0.1) is 7.11 Å². The van der Waals surface area contributed by atoms with Gasteiger partial charge in [-0.1, -0.05) is 23.4 Å². The zero-order valence-corrected chi connectivity index (χ0v) is 12.0. The van der Waals surface area contributed by atoms with Gasteiger partial charge in [-0.3, -0.25) is 14.5 Å². The molecule has 8 heteroatoms. The smallest absolute Gasteiger partial charge is 0.236 e. The van der Waals surface area contributed by atoms with Crippen molar-refractivity contribution in [2.45, 2.75) is 18.6 Å². The first-order valence-corrected chi connectivity index (χ1v) is 6.81. The number of thioether (sulfide) groups is 1. The number of methoxy groups -OCH3 is 1. The Morgan fingerprint density at radius 2 is 2.32 bits per heavy atom. The normalized spacial score (nSPS) is 18.8. The molecule has 102 valence electrons. The minimum atomic E-state index is -0.122. The van der Waals surface area contributed by atoms with Gasteiger partial charge in [0.2, 0.25) is 17.7 Å². The minimum absolute atomic E-state index is 0.00996. The lowest BCUT2D eigenvalue weighted by Gasteiger charge is -2.14. The summed E-state index contributed by atoms with van der Waals surface area (Å²) in [5, 5.41) is 0.125. The monoisotopic (exact) mass is 301 g/mol. The second-order valence-electron chi connectivity index (χ2n) is 3.97. The molecular formula is C11H12ClN3O3S. The fourth-order valence-electron chi connectivity index (χ4n) is 1.79. The lowest BCUT2D eigenvalue weighted by molar-refractivity contribution is -0.117. The molecule has 1 aliphatic heterocycles. The van der Waals surface area contributed by atoms with Crippen LogP contribution in [-0.2, 0) is 9.59 Å². The Kier molecular flexibility index (Phi) is 4.26. The van der Waals surface area contributed by atoms with Crippen LogP contribution >= 0.6 is 23.4 Å². The third kappa shape index (κ3) is 3.36. The van der Waals surface area contributed by atoms with Gasteiger partial charge in [0, 0.05) is 31.2 Å². The van der Waals surface area contributed by atoms with Crippen LogP contribution in [0.2, 0.25) is 5.15 Å². The van der Waals surface area contributed by atoms with Crippen molar-refractivity contribution in [1.82, 2.24) is 9.97 Å². The molecule has 0 saturated carbocycles.